The molecule has 7 nitrogen and oxygen atoms in total. The van der Waals surface area contributed by atoms with Gasteiger partial charge in [0.25, 0.3) is 11.5 Å². The van der Waals surface area contributed by atoms with Crippen molar-refractivity contribution in [1.82, 2.24) is 19.4 Å². The number of aromatic nitrogens is 3. The maximum atomic E-state index is 12.7. The molecule has 0 unspecified atom stereocenters. The number of aromatic amines is 1. The summed E-state index contributed by atoms with van der Waals surface area (Å²) in [5.41, 5.74) is -0.849. The van der Waals surface area contributed by atoms with E-state index in [1.807, 2.05) is 13.8 Å². The first-order valence-corrected chi connectivity index (χ1v) is 7.48. The van der Waals surface area contributed by atoms with Gasteiger partial charge in [0.15, 0.2) is 0 Å². The molecule has 0 aromatic carbocycles. The van der Waals surface area contributed by atoms with Gasteiger partial charge in [-0.2, -0.15) is 0 Å². The van der Waals surface area contributed by atoms with Gasteiger partial charge in [-0.3, -0.25) is 19.1 Å². The molecule has 1 fully saturated rings. The third-order valence-electron chi connectivity index (χ3n) is 5.31. The van der Waals surface area contributed by atoms with Crippen LogP contribution in [0.5, 0.6) is 0 Å². The van der Waals surface area contributed by atoms with Gasteiger partial charge in [-0.25, -0.2) is 9.78 Å². The lowest BCUT2D eigenvalue weighted by Gasteiger charge is -2.61. The van der Waals surface area contributed by atoms with Crippen molar-refractivity contribution in [3.8, 4) is 0 Å². The fourth-order valence-corrected chi connectivity index (χ4v) is 2.87. The molecule has 23 heavy (non-hydrogen) atoms. The van der Waals surface area contributed by atoms with Crippen LogP contribution in [-0.4, -0.2) is 37.4 Å². The summed E-state index contributed by atoms with van der Waals surface area (Å²) in [5.74, 6) is -0.191. The molecule has 0 radical (unpaired) electrons. The number of nitrogens with zero attached hydrogens (tertiary/aromatic N) is 3. The fraction of sp³-hybridized carbons (Fsp3) is 0.500. The highest BCUT2D eigenvalue weighted by Crippen LogP contribution is 2.46. The van der Waals surface area contributed by atoms with Gasteiger partial charge in [0, 0.05) is 24.5 Å². The number of nitrogens with one attached hydrogen (secondary N) is 1. The van der Waals surface area contributed by atoms with Crippen molar-refractivity contribution < 1.29 is 4.79 Å². The van der Waals surface area contributed by atoms with Crippen molar-refractivity contribution in [3.63, 3.8) is 0 Å². The molecule has 1 saturated heterocycles. The van der Waals surface area contributed by atoms with E-state index in [1.54, 1.807) is 4.90 Å². The van der Waals surface area contributed by atoms with E-state index in [2.05, 4.69) is 23.8 Å². The van der Waals surface area contributed by atoms with Crippen LogP contribution in [0.2, 0.25) is 0 Å². The standard InChI is InChI=1S/C16H20N4O3/c1-15(2)8-20(16(15,3)4)13(22)10-7-6-9-11(17-10)19(5)14(23)18-12(9)21/h6-7H,8H2,1-5H3,(H,18,21,23). The number of carbonyl (C=O) groups is 1. The van der Waals surface area contributed by atoms with Crippen LogP contribution in [-0.2, 0) is 7.05 Å². The second kappa shape index (κ2) is 4.53. The molecule has 3 rings (SSSR count). The Hall–Kier alpha value is -2.44. The normalized spacial score (nSPS) is 18.7. The number of amides is 1. The molecule has 0 atom stereocenters. The summed E-state index contributed by atoms with van der Waals surface area (Å²) in [6, 6.07) is 3.07. The molecule has 1 amide bonds. The van der Waals surface area contributed by atoms with Crippen molar-refractivity contribution in [2.24, 2.45) is 12.5 Å². The van der Waals surface area contributed by atoms with E-state index in [0.29, 0.717) is 6.54 Å². The first-order valence-electron chi connectivity index (χ1n) is 7.48. The number of H-pyrrole nitrogens is 1. The van der Waals surface area contributed by atoms with E-state index < -0.39 is 11.2 Å². The number of rotatable bonds is 1. The highest BCUT2D eigenvalue weighted by Gasteiger charge is 2.54. The van der Waals surface area contributed by atoms with Crippen LogP contribution in [0.25, 0.3) is 11.0 Å². The second-order valence-electron chi connectivity index (χ2n) is 7.22. The molecular weight excluding hydrogens is 296 g/mol. The number of carbonyl (C=O) groups excluding carboxylic acids is 1. The SMILES string of the molecule is Cn1c(=O)[nH]c(=O)c2ccc(C(=O)N3CC(C)(C)C3(C)C)nc21. The number of hydrogen-bond donors (Lipinski definition) is 1. The van der Waals surface area contributed by atoms with E-state index in [4.69, 9.17) is 0 Å². The Kier molecular flexibility index (Phi) is 3.05. The Bertz CT molecular complexity index is 936. The largest absolute Gasteiger partial charge is 0.331 e. The minimum absolute atomic E-state index is 0.0313. The third-order valence-corrected chi connectivity index (χ3v) is 5.31. The van der Waals surface area contributed by atoms with Gasteiger partial charge < -0.3 is 4.90 Å². The first-order chi connectivity index (χ1) is 10.6. The van der Waals surface area contributed by atoms with E-state index in [0.717, 1.165) is 0 Å². The quantitative estimate of drug-likeness (QED) is 0.846. The maximum absolute atomic E-state index is 12.7. The molecule has 0 aliphatic carbocycles. The lowest BCUT2D eigenvalue weighted by atomic mass is 9.65. The predicted molar refractivity (Wildman–Crippen MR) is 86.5 cm³/mol. The Labute approximate surface area is 133 Å². The van der Waals surface area contributed by atoms with Crippen LogP contribution in [0.1, 0.15) is 38.2 Å². The van der Waals surface area contributed by atoms with Crippen LogP contribution < -0.4 is 11.2 Å². The van der Waals surface area contributed by atoms with Crippen molar-refractivity contribution in [1.29, 1.82) is 0 Å². The van der Waals surface area contributed by atoms with E-state index in [-0.39, 0.29) is 33.6 Å². The lowest BCUT2D eigenvalue weighted by Crippen LogP contribution is -2.70. The van der Waals surface area contributed by atoms with Crippen LogP contribution >= 0.6 is 0 Å². The van der Waals surface area contributed by atoms with Crippen molar-refractivity contribution in [2.75, 3.05) is 6.54 Å². The third kappa shape index (κ3) is 2.03. The fourth-order valence-electron chi connectivity index (χ4n) is 2.87. The van der Waals surface area contributed by atoms with E-state index >= 15 is 0 Å². The van der Waals surface area contributed by atoms with Crippen molar-refractivity contribution >= 4 is 16.9 Å². The van der Waals surface area contributed by atoms with Gasteiger partial charge in [-0.15, -0.1) is 0 Å². The molecule has 2 aromatic rings. The van der Waals surface area contributed by atoms with E-state index in [1.165, 1.54) is 23.7 Å². The molecule has 122 valence electrons. The highest BCUT2D eigenvalue weighted by atomic mass is 16.2. The summed E-state index contributed by atoms with van der Waals surface area (Å²) >= 11 is 0. The van der Waals surface area contributed by atoms with Gasteiger partial charge in [-0.05, 0) is 26.0 Å². The molecule has 1 aliphatic heterocycles. The molecule has 2 aromatic heterocycles. The van der Waals surface area contributed by atoms with Crippen LogP contribution in [0, 0.1) is 5.41 Å². The molecule has 7 heteroatoms. The van der Waals surface area contributed by atoms with Crippen LogP contribution in [0.3, 0.4) is 0 Å². The van der Waals surface area contributed by atoms with Gasteiger partial charge in [0.05, 0.1) is 5.39 Å². The number of fused-ring (bicyclic) bond motifs is 1. The summed E-state index contributed by atoms with van der Waals surface area (Å²) in [4.78, 5) is 44.5. The summed E-state index contributed by atoms with van der Waals surface area (Å²) < 4.78 is 1.23. The Balaban J connectivity index is 2.09. The zero-order valence-electron chi connectivity index (χ0n) is 13.9. The summed E-state index contributed by atoms with van der Waals surface area (Å²) in [6.07, 6.45) is 0. The van der Waals surface area contributed by atoms with Crippen molar-refractivity contribution in [2.45, 2.75) is 33.2 Å². The molecule has 0 saturated carbocycles. The van der Waals surface area contributed by atoms with Gasteiger partial charge in [0.2, 0.25) is 0 Å². The average Bonchev–Trinajstić information content (AvgIpc) is 2.49. The van der Waals surface area contributed by atoms with Crippen LogP contribution in [0.4, 0.5) is 0 Å². The Morgan fingerprint density at radius 3 is 2.43 bits per heavy atom. The molecular formula is C16H20N4O3. The second-order valence-corrected chi connectivity index (χ2v) is 7.22. The molecule has 0 spiro atoms. The number of aryl methyl sites for hydroxylation is 1. The number of likely N-dealkylation sites (tertiary alicyclic amines) is 1. The molecule has 1 N–H and O–H groups in total. The smallest absolute Gasteiger partial charge is 0.329 e. The van der Waals surface area contributed by atoms with Crippen LogP contribution in [0.15, 0.2) is 21.7 Å². The topological polar surface area (TPSA) is 88.1 Å². The Morgan fingerprint density at radius 2 is 1.87 bits per heavy atom. The number of pyridine rings is 1. The minimum atomic E-state index is -0.551. The Morgan fingerprint density at radius 1 is 1.22 bits per heavy atom. The summed E-state index contributed by atoms with van der Waals surface area (Å²) in [5, 5.41) is 0.284. The van der Waals surface area contributed by atoms with Gasteiger partial charge in [-0.1, -0.05) is 13.8 Å². The van der Waals surface area contributed by atoms with Gasteiger partial charge in [0.1, 0.15) is 11.3 Å². The molecule has 3 heterocycles. The average molecular weight is 316 g/mol. The zero-order valence-corrected chi connectivity index (χ0v) is 13.9. The zero-order chi connectivity index (χ0) is 17.2. The maximum Gasteiger partial charge on any atom is 0.329 e. The van der Waals surface area contributed by atoms with Gasteiger partial charge >= 0.3 is 5.69 Å². The predicted octanol–water partition coefficient (Wildman–Crippen LogP) is 0.882. The number of hydrogen-bond acceptors (Lipinski definition) is 4. The van der Waals surface area contributed by atoms with E-state index in [9.17, 15) is 14.4 Å². The summed E-state index contributed by atoms with van der Waals surface area (Å²) in [7, 11) is 1.51. The minimum Gasteiger partial charge on any atom is -0.331 e. The first kappa shape index (κ1) is 15.5. The monoisotopic (exact) mass is 316 g/mol. The molecule has 0 bridgehead atoms. The molecule has 1 aliphatic rings. The summed E-state index contributed by atoms with van der Waals surface area (Å²) in [6.45, 7) is 8.93. The lowest BCUT2D eigenvalue weighted by molar-refractivity contribution is -0.0884. The highest BCUT2D eigenvalue weighted by molar-refractivity contribution is 5.95. The van der Waals surface area contributed by atoms with Crippen molar-refractivity contribution in [3.05, 3.63) is 38.7 Å².